The molecule has 1 amide bonds. The number of aromatic nitrogens is 4. The largest absolute Gasteiger partial charge is 0.382 e. The Morgan fingerprint density at radius 1 is 1.16 bits per heavy atom. The summed E-state index contributed by atoms with van der Waals surface area (Å²) in [6.45, 7) is 10.2. The molecule has 9 nitrogen and oxygen atoms in total. The monoisotopic (exact) mass is 517 g/mol. The van der Waals surface area contributed by atoms with Crippen LogP contribution in [0.3, 0.4) is 0 Å². The van der Waals surface area contributed by atoms with Crippen molar-refractivity contribution >= 4 is 11.7 Å². The quantitative estimate of drug-likeness (QED) is 0.275. The second-order valence-corrected chi connectivity index (χ2v) is 9.67. The number of ether oxygens (including phenoxy) is 1. The molecule has 3 rings (SSSR count). The van der Waals surface area contributed by atoms with Gasteiger partial charge in [-0.05, 0) is 50.7 Å². The third kappa shape index (κ3) is 8.67. The van der Waals surface area contributed by atoms with Crippen molar-refractivity contribution < 1.29 is 9.53 Å². The molecule has 2 aromatic heterocycles. The van der Waals surface area contributed by atoms with Crippen LogP contribution in [0.2, 0.25) is 0 Å². The molecule has 0 aliphatic rings. The topological polar surface area (TPSA) is 118 Å². The van der Waals surface area contributed by atoms with Crippen LogP contribution >= 0.6 is 0 Å². The highest BCUT2D eigenvalue weighted by Crippen LogP contribution is 2.21. The summed E-state index contributed by atoms with van der Waals surface area (Å²) in [7, 11) is 0. The molecule has 0 aliphatic heterocycles. The highest BCUT2D eigenvalue weighted by molar-refractivity contribution is 5.84. The maximum atomic E-state index is 13.0. The van der Waals surface area contributed by atoms with Crippen molar-refractivity contribution in [3.8, 4) is 23.3 Å². The number of hydrogen-bond donors (Lipinski definition) is 2. The summed E-state index contributed by atoms with van der Waals surface area (Å²) >= 11 is 0. The molecule has 0 aliphatic carbocycles. The summed E-state index contributed by atoms with van der Waals surface area (Å²) in [4.78, 5) is 27.1. The Labute approximate surface area is 225 Å². The third-order valence-electron chi connectivity index (χ3n) is 5.99. The smallest absolute Gasteiger partial charge is 0.242 e. The van der Waals surface area contributed by atoms with Gasteiger partial charge in [0.05, 0.1) is 17.3 Å². The Bertz CT molecular complexity index is 1200. The Balaban J connectivity index is 1.83. The zero-order valence-corrected chi connectivity index (χ0v) is 22.9. The van der Waals surface area contributed by atoms with Gasteiger partial charge in [-0.2, -0.15) is 10.2 Å². The van der Waals surface area contributed by atoms with E-state index >= 15 is 0 Å². The van der Waals surface area contributed by atoms with Crippen molar-refractivity contribution in [3.05, 3.63) is 54.1 Å². The molecule has 9 heteroatoms. The zero-order chi connectivity index (χ0) is 27.3. The van der Waals surface area contributed by atoms with E-state index in [1.54, 1.807) is 23.0 Å². The molecule has 2 heterocycles. The van der Waals surface area contributed by atoms with Crippen molar-refractivity contribution in [2.45, 2.75) is 65.8 Å². The number of benzene rings is 1. The predicted molar refractivity (Wildman–Crippen MR) is 149 cm³/mol. The molecule has 0 bridgehead atoms. The summed E-state index contributed by atoms with van der Waals surface area (Å²) < 4.78 is 7.16. The minimum absolute atomic E-state index is 0.0452. The van der Waals surface area contributed by atoms with Crippen molar-refractivity contribution in [3.63, 3.8) is 0 Å². The molecule has 1 aromatic carbocycles. The molecule has 0 saturated heterocycles. The number of nitriles is 1. The van der Waals surface area contributed by atoms with Crippen LogP contribution in [0.1, 0.15) is 64.6 Å². The van der Waals surface area contributed by atoms with Crippen LogP contribution in [0.25, 0.3) is 17.2 Å². The number of nitrogens with one attached hydrogen (secondary N) is 2. The van der Waals surface area contributed by atoms with E-state index in [-0.39, 0.29) is 5.91 Å². The number of amides is 1. The Morgan fingerprint density at radius 3 is 2.63 bits per heavy atom. The van der Waals surface area contributed by atoms with E-state index in [4.69, 9.17) is 20.0 Å². The maximum Gasteiger partial charge on any atom is 0.242 e. The minimum Gasteiger partial charge on any atom is -0.382 e. The average Bonchev–Trinajstić information content (AvgIpc) is 3.41. The number of anilines is 1. The minimum atomic E-state index is -0.416. The fourth-order valence-corrected chi connectivity index (χ4v) is 3.99. The van der Waals surface area contributed by atoms with Crippen LogP contribution in [0.5, 0.6) is 0 Å². The number of hydrogen-bond acceptors (Lipinski definition) is 7. The first-order valence-corrected chi connectivity index (χ1v) is 13.5. The van der Waals surface area contributed by atoms with Crippen LogP contribution in [0, 0.1) is 17.2 Å². The highest BCUT2D eigenvalue weighted by Gasteiger charge is 2.21. The van der Waals surface area contributed by atoms with Crippen molar-refractivity contribution in [1.29, 1.82) is 5.26 Å². The lowest BCUT2D eigenvalue weighted by atomic mass is 10.0. The second kappa shape index (κ2) is 14.8. The number of carbonyl (C=O) groups excluding carboxylic acids is 1. The van der Waals surface area contributed by atoms with E-state index in [9.17, 15) is 4.79 Å². The van der Waals surface area contributed by atoms with Gasteiger partial charge in [-0.1, -0.05) is 39.3 Å². The van der Waals surface area contributed by atoms with E-state index in [1.165, 1.54) is 0 Å². The summed E-state index contributed by atoms with van der Waals surface area (Å²) in [5.74, 6) is 1.39. The molecule has 1 atom stereocenters. The molecule has 2 N–H and O–H groups in total. The van der Waals surface area contributed by atoms with Gasteiger partial charge in [0.1, 0.15) is 18.2 Å². The summed E-state index contributed by atoms with van der Waals surface area (Å²) in [6, 6.07) is 11.0. The Hall–Kier alpha value is -3.77. The van der Waals surface area contributed by atoms with E-state index in [1.807, 2.05) is 31.3 Å². The number of rotatable bonds is 15. The number of imidazole rings is 1. The van der Waals surface area contributed by atoms with Crippen LogP contribution < -0.4 is 10.6 Å². The molecule has 0 saturated carbocycles. The molecule has 202 valence electrons. The molecule has 3 aromatic rings. The Kier molecular flexibility index (Phi) is 11.2. The highest BCUT2D eigenvalue weighted by atomic mass is 16.5. The lowest BCUT2D eigenvalue weighted by molar-refractivity contribution is -0.122. The van der Waals surface area contributed by atoms with Gasteiger partial charge in [-0.15, -0.1) is 0 Å². The van der Waals surface area contributed by atoms with Crippen LogP contribution in [-0.4, -0.2) is 51.2 Å². The van der Waals surface area contributed by atoms with Crippen molar-refractivity contribution in [2.75, 3.05) is 25.1 Å². The van der Waals surface area contributed by atoms with E-state index in [0.717, 1.165) is 42.6 Å². The first-order chi connectivity index (χ1) is 18.4. The van der Waals surface area contributed by atoms with E-state index in [2.05, 4.69) is 42.5 Å². The van der Waals surface area contributed by atoms with Gasteiger partial charge in [-0.3, -0.25) is 9.36 Å². The van der Waals surface area contributed by atoms with Gasteiger partial charge in [0.15, 0.2) is 0 Å². The van der Waals surface area contributed by atoms with Gasteiger partial charge in [0.25, 0.3) is 0 Å². The molecular formula is C29H39N7O2. The maximum absolute atomic E-state index is 13.0. The summed E-state index contributed by atoms with van der Waals surface area (Å²) in [5, 5.41) is 15.5. The molecular weight excluding hydrogens is 478 g/mol. The number of carbonyl (C=O) groups is 1. The zero-order valence-electron chi connectivity index (χ0n) is 22.9. The van der Waals surface area contributed by atoms with Gasteiger partial charge in [0, 0.05) is 43.3 Å². The number of unbranched alkanes of at least 4 members (excludes halogenated alkanes) is 1. The van der Waals surface area contributed by atoms with Crippen LogP contribution in [0.4, 0.5) is 5.82 Å². The van der Waals surface area contributed by atoms with Gasteiger partial charge < -0.3 is 15.4 Å². The van der Waals surface area contributed by atoms with Gasteiger partial charge in [-0.25, -0.2) is 9.97 Å². The molecule has 0 radical (unpaired) electrons. The lowest BCUT2D eigenvalue weighted by Crippen LogP contribution is -2.41. The fourth-order valence-electron chi connectivity index (χ4n) is 3.99. The molecule has 0 fully saturated rings. The standard InChI is InChI=1S/C29H39N7O2/c1-5-7-9-24-17-27(34-25(16-21(3)4)28(37)31-14-8-15-38-6-2)35-29(33-24)36-19-26(32-20-36)23-12-10-22(18-30)11-13-23/h10-13,17,19-21,25H,5-9,14-16H2,1-4H3,(H,31,37)(H,33,34,35)/t25-/m0/s1. The van der Waals surface area contributed by atoms with Crippen molar-refractivity contribution in [1.82, 2.24) is 24.8 Å². The van der Waals surface area contributed by atoms with Crippen LogP contribution in [-0.2, 0) is 16.0 Å². The summed E-state index contributed by atoms with van der Waals surface area (Å²) in [6.07, 6.45) is 7.89. The Morgan fingerprint density at radius 2 is 1.95 bits per heavy atom. The van der Waals surface area contributed by atoms with Gasteiger partial charge in [0.2, 0.25) is 11.9 Å². The van der Waals surface area contributed by atoms with Crippen LogP contribution in [0.15, 0.2) is 42.9 Å². The number of aryl methyl sites for hydroxylation is 1. The lowest BCUT2D eigenvalue weighted by Gasteiger charge is -2.21. The SMILES string of the molecule is CCCCc1cc(N[C@@H](CC(C)C)C(=O)NCCCOCC)nc(-n2cnc(-c3ccc(C#N)cc3)c2)n1. The van der Waals surface area contributed by atoms with Crippen molar-refractivity contribution in [2.24, 2.45) is 5.92 Å². The van der Waals surface area contributed by atoms with E-state index in [0.29, 0.717) is 49.4 Å². The average molecular weight is 518 g/mol. The number of nitrogens with zero attached hydrogens (tertiary/aromatic N) is 5. The fraction of sp³-hybridized carbons (Fsp3) is 0.483. The first kappa shape index (κ1) is 28.8. The van der Waals surface area contributed by atoms with E-state index < -0.39 is 6.04 Å². The first-order valence-electron chi connectivity index (χ1n) is 13.5. The second-order valence-electron chi connectivity index (χ2n) is 9.67. The molecule has 38 heavy (non-hydrogen) atoms. The normalized spacial score (nSPS) is 11.8. The molecule has 0 spiro atoms. The third-order valence-corrected chi connectivity index (χ3v) is 5.99. The van der Waals surface area contributed by atoms with Gasteiger partial charge >= 0.3 is 0 Å². The summed E-state index contributed by atoms with van der Waals surface area (Å²) in [5.41, 5.74) is 3.18. The molecule has 0 unspecified atom stereocenters. The predicted octanol–water partition coefficient (Wildman–Crippen LogP) is 4.91.